The molecule has 0 aromatic heterocycles. The first kappa shape index (κ1) is 14.4. The molecule has 0 unspecified atom stereocenters. The van der Waals surface area contributed by atoms with Crippen molar-refractivity contribution in [2.75, 3.05) is 17.2 Å². The molecule has 2 aromatic rings. The van der Waals surface area contributed by atoms with E-state index in [0.717, 1.165) is 21.9 Å². The number of hydrogen-bond donors (Lipinski definition) is 1. The summed E-state index contributed by atoms with van der Waals surface area (Å²) in [7, 11) is 0. The molecule has 1 atom stereocenters. The molecule has 0 radical (unpaired) electrons. The van der Waals surface area contributed by atoms with E-state index in [0.29, 0.717) is 17.8 Å². The smallest absolute Gasteiger partial charge is 0.266 e. The number of anilines is 1. The number of thioether (sulfide) groups is 1. The predicted molar refractivity (Wildman–Crippen MR) is 89.5 cm³/mol. The van der Waals surface area contributed by atoms with Gasteiger partial charge in [0, 0.05) is 28.3 Å². The zero-order chi connectivity index (χ0) is 16.0. The molecule has 4 rings (SSSR count). The van der Waals surface area contributed by atoms with Gasteiger partial charge in [0.25, 0.3) is 5.91 Å². The summed E-state index contributed by atoms with van der Waals surface area (Å²) in [5.41, 5.74) is 8.31. The SMILES string of the molecule is N[C@@H]1N=C(c2ccccc2F)c2cccc3c2N(CCS3)C1=O. The Morgan fingerprint density at radius 2 is 1.96 bits per heavy atom. The van der Waals surface area contributed by atoms with Crippen molar-refractivity contribution in [3.8, 4) is 0 Å². The van der Waals surface area contributed by atoms with Crippen molar-refractivity contribution in [2.45, 2.75) is 11.1 Å². The van der Waals surface area contributed by atoms with Crippen LogP contribution in [0.15, 0.2) is 52.4 Å². The van der Waals surface area contributed by atoms with Gasteiger partial charge in [-0.15, -0.1) is 11.8 Å². The van der Waals surface area contributed by atoms with Crippen molar-refractivity contribution in [2.24, 2.45) is 10.7 Å². The number of carbonyl (C=O) groups excluding carboxylic acids is 1. The minimum atomic E-state index is -1.02. The monoisotopic (exact) mass is 327 g/mol. The van der Waals surface area contributed by atoms with Crippen LogP contribution in [0.3, 0.4) is 0 Å². The third-order valence-corrected chi connectivity index (χ3v) is 5.04. The molecule has 0 aliphatic carbocycles. The predicted octanol–water partition coefficient (Wildman–Crippen LogP) is 2.40. The van der Waals surface area contributed by atoms with Crippen LogP contribution in [0.4, 0.5) is 10.1 Å². The van der Waals surface area contributed by atoms with E-state index in [1.165, 1.54) is 6.07 Å². The fraction of sp³-hybridized carbons (Fsp3) is 0.176. The maximum Gasteiger partial charge on any atom is 0.266 e. The molecule has 116 valence electrons. The Balaban J connectivity index is 2.01. The highest BCUT2D eigenvalue weighted by Gasteiger charge is 2.34. The van der Waals surface area contributed by atoms with Crippen LogP contribution in [0.2, 0.25) is 0 Å². The average Bonchev–Trinajstić information content (AvgIpc) is 2.68. The van der Waals surface area contributed by atoms with E-state index < -0.39 is 6.17 Å². The van der Waals surface area contributed by atoms with Gasteiger partial charge in [-0.25, -0.2) is 4.39 Å². The van der Waals surface area contributed by atoms with Crippen LogP contribution in [-0.4, -0.2) is 30.1 Å². The second-order valence-electron chi connectivity index (χ2n) is 5.39. The summed E-state index contributed by atoms with van der Waals surface area (Å²) in [6.07, 6.45) is -1.02. The van der Waals surface area contributed by atoms with E-state index in [4.69, 9.17) is 5.73 Å². The number of rotatable bonds is 1. The fourth-order valence-corrected chi connectivity index (χ4v) is 4.00. The summed E-state index contributed by atoms with van der Waals surface area (Å²) in [5.74, 6) is 0.190. The number of nitrogens with two attached hydrogens (primary N) is 1. The van der Waals surface area contributed by atoms with E-state index >= 15 is 0 Å². The third-order valence-electron chi connectivity index (χ3n) is 4.01. The molecule has 23 heavy (non-hydrogen) atoms. The van der Waals surface area contributed by atoms with Gasteiger partial charge in [0.15, 0.2) is 6.17 Å². The van der Waals surface area contributed by atoms with Crippen molar-refractivity contribution in [3.05, 3.63) is 59.4 Å². The van der Waals surface area contributed by atoms with Gasteiger partial charge < -0.3 is 10.6 Å². The van der Waals surface area contributed by atoms with Gasteiger partial charge in [-0.2, -0.15) is 0 Å². The highest BCUT2D eigenvalue weighted by Crippen LogP contribution is 2.40. The summed E-state index contributed by atoms with van der Waals surface area (Å²) in [5, 5.41) is 0. The summed E-state index contributed by atoms with van der Waals surface area (Å²) < 4.78 is 14.3. The van der Waals surface area contributed by atoms with Gasteiger partial charge >= 0.3 is 0 Å². The first-order chi connectivity index (χ1) is 11.2. The van der Waals surface area contributed by atoms with Gasteiger partial charge in [0.2, 0.25) is 0 Å². The molecule has 0 spiro atoms. The quantitative estimate of drug-likeness (QED) is 0.875. The zero-order valence-corrected chi connectivity index (χ0v) is 13.0. The Morgan fingerprint density at radius 3 is 2.78 bits per heavy atom. The lowest BCUT2D eigenvalue weighted by molar-refractivity contribution is -0.119. The van der Waals surface area contributed by atoms with Crippen LogP contribution >= 0.6 is 11.8 Å². The fourth-order valence-electron chi connectivity index (χ4n) is 2.98. The number of benzene rings is 2. The second kappa shape index (κ2) is 5.47. The number of halogens is 1. The Kier molecular flexibility index (Phi) is 3.43. The molecule has 2 heterocycles. The topological polar surface area (TPSA) is 58.7 Å². The number of para-hydroxylation sites is 1. The lowest BCUT2D eigenvalue weighted by atomic mass is 9.99. The number of amides is 1. The highest BCUT2D eigenvalue weighted by atomic mass is 32.2. The standard InChI is InChI=1S/C17H14FN3OS/c18-12-6-2-1-4-10(12)14-11-5-3-7-13-15(11)21(8-9-23-13)17(22)16(19)20-14/h1-7,16H,8-9,19H2/t16-/m1/s1. The zero-order valence-electron chi connectivity index (χ0n) is 12.2. The van der Waals surface area contributed by atoms with Crippen LogP contribution in [0.25, 0.3) is 0 Å². The van der Waals surface area contributed by atoms with Crippen LogP contribution in [0.5, 0.6) is 0 Å². The molecule has 6 heteroatoms. The maximum absolute atomic E-state index is 14.3. The molecular weight excluding hydrogens is 313 g/mol. The molecule has 2 aromatic carbocycles. The normalized spacial score (nSPS) is 19.9. The van der Waals surface area contributed by atoms with E-state index in [2.05, 4.69) is 4.99 Å². The van der Waals surface area contributed by atoms with Gasteiger partial charge in [0.1, 0.15) is 5.82 Å². The first-order valence-electron chi connectivity index (χ1n) is 7.32. The minimum absolute atomic E-state index is 0.245. The lowest BCUT2D eigenvalue weighted by Crippen LogP contribution is -2.44. The molecule has 0 fully saturated rings. The molecule has 2 aliphatic rings. The Hall–Kier alpha value is -2.18. The Morgan fingerprint density at radius 1 is 1.17 bits per heavy atom. The minimum Gasteiger partial charge on any atom is -0.307 e. The van der Waals surface area contributed by atoms with Gasteiger partial charge in [-0.1, -0.05) is 24.3 Å². The lowest BCUT2D eigenvalue weighted by Gasteiger charge is -2.30. The van der Waals surface area contributed by atoms with E-state index in [9.17, 15) is 9.18 Å². The molecule has 0 bridgehead atoms. The Labute approximate surface area is 137 Å². The van der Waals surface area contributed by atoms with Gasteiger partial charge in [0.05, 0.1) is 11.4 Å². The van der Waals surface area contributed by atoms with Crippen molar-refractivity contribution < 1.29 is 9.18 Å². The van der Waals surface area contributed by atoms with Crippen LogP contribution in [-0.2, 0) is 4.79 Å². The molecule has 4 nitrogen and oxygen atoms in total. The first-order valence-corrected chi connectivity index (χ1v) is 8.31. The van der Waals surface area contributed by atoms with Gasteiger partial charge in [-0.3, -0.25) is 9.79 Å². The summed E-state index contributed by atoms with van der Waals surface area (Å²) in [4.78, 5) is 19.6. The van der Waals surface area contributed by atoms with Gasteiger partial charge in [-0.05, 0) is 18.2 Å². The van der Waals surface area contributed by atoms with Crippen LogP contribution < -0.4 is 10.6 Å². The number of carbonyl (C=O) groups is 1. The molecule has 0 saturated heterocycles. The summed E-state index contributed by atoms with van der Waals surface area (Å²) in [6, 6.07) is 12.2. The average molecular weight is 327 g/mol. The maximum atomic E-state index is 14.3. The largest absolute Gasteiger partial charge is 0.307 e. The molecule has 0 saturated carbocycles. The highest BCUT2D eigenvalue weighted by molar-refractivity contribution is 7.99. The van der Waals surface area contributed by atoms with E-state index in [1.54, 1.807) is 34.9 Å². The van der Waals surface area contributed by atoms with E-state index in [-0.39, 0.29) is 11.7 Å². The van der Waals surface area contributed by atoms with Crippen molar-refractivity contribution in [1.29, 1.82) is 0 Å². The molecule has 2 aliphatic heterocycles. The number of nitrogens with zero attached hydrogens (tertiary/aromatic N) is 2. The number of aliphatic imine (C=N–C) groups is 1. The van der Waals surface area contributed by atoms with E-state index in [1.807, 2.05) is 18.2 Å². The van der Waals surface area contributed by atoms with Crippen molar-refractivity contribution >= 4 is 29.1 Å². The molecule has 2 N–H and O–H groups in total. The van der Waals surface area contributed by atoms with Crippen LogP contribution in [0.1, 0.15) is 11.1 Å². The molecule has 1 amide bonds. The Bertz CT molecular complexity index is 836. The summed E-state index contributed by atoms with van der Waals surface area (Å²) >= 11 is 1.69. The van der Waals surface area contributed by atoms with Crippen molar-refractivity contribution in [1.82, 2.24) is 0 Å². The third kappa shape index (κ3) is 2.26. The summed E-state index contributed by atoms with van der Waals surface area (Å²) in [6.45, 7) is 0.585. The number of hydrogen-bond acceptors (Lipinski definition) is 4. The van der Waals surface area contributed by atoms with Crippen LogP contribution in [0, 0.1) is 5.82 Å². The van der Waals surface area contributed by atoms with Crippen molar-refractivity contribution in [3.63, 3.8) is 0 Å². The second-order valence-corrected chi connectivity index (χ2v) is 6.53. The molecular formula is C17H14FN3OS.